The number of likely N-dealkylation sites (N-methyl/N-ethyl adjacent to an activating group) is 1. The third-order valence-corrected chi connectivity index (χ3v) is 5.14. The highest BCUT2D eigenvalue weighted by Gasteiger charge is 2.49. The fourth-order valence-corrected chi connectivity index (χ4v) is 3.34. The van der Waals surface area contributed by atoms with Crippen LogP contribution in [0.2, 0.25) is 0 Å². The molecule has 0 bridgehead atoms. The Morgan fingerprint density at radius 3 is 1.94 bits per heavy atom. The van der Waals surface area contributed by atoms with Crippen LogP contribution < -0.4 is 10.1 Å². The van der Waals surface area contributed by atoms with Crippen LogP contribution in [0.3, 0.4) is 0 Å². The summed E-state index contributed by atoms with van der Waals surface area (Å²) in [5.74, 6) is -3.71. The minimum atomic E-state index is -5.18. The Hall–Kier alpha value is -2.78. The second kappa shape index (κ2) is 10.0. The molecule has 0 aliphatic rings. The van der Waals surface area contributed by atoms with E-state index in [1.807, 2.05) is 0 Å². The fraction of sp³-hybridized carbons (Fsp3) is 0.571. The highest BCUT2D eigenvalue weighted by molar-refractivity contribution is 5.93. The van der Waals surface area contributed by atoms with Gasteiger partial charge in [-0.05, 0) is 23.6 Å². The molecule has 1 N–H and O–H groups in total. The van der Waals surface area contributed by atoms with Crippen LogP contribution in [0.25, 0.3) is 0 Å². The summed E-state index contributed by atoms with van der Waals surface area (Å²) in [6, 6.07) is 3.73. The van der Waals surface area contributed by atoms with Gasteiger partial charge in [-0.1, -0.05) is 39.8 Å². The number of hydrogen-bond donors (Lipinski definition) is 1. The van der Waals surface area contributed by atoms with Gasteiger partial charge in [0, 0.05) is 12.5 Å². The SMILES string of the molecule is COC(=O)[C@@H](NC(=O)[C@H](N(C)C(=O)C(F)(F)F)C(C)(C)c1ccc(OC)cc1)C(C)C. The number of ether oxygens (including phenoxy) is 2. The number of methoxy groups -OCH3 is 2. The van der Waals surface area contributed by atoms with Crippen molar-refractivity contribution in [3.8, 4) is 5.75 Å². The molecule has 1 rings (SSSR count). The smallest absolute Gasteiger partial charge is 0.471 e. The summed E-state index contributed by atoms with van der Waals surface area (Å²) in [7, 11) is 3.51. The number of alkyl halides is 3. The first-order chi connectivity index (χ1) is 14.2. The van der Waals surface area contributed by atoms with Crippen molar-refractivity contribution in [2.24, 2.45) is 5.92 Å². The first-order valence-electron chi connectivity index (χ1n) is 9.55. The van der Waals surface area contributed by atoms with Crippen molar-refractivity contribution in [3.63, 3.8) is 0 Å². The minimum absolute atomic E-state index is 0.355. The molecular weight excluding hydrogens is 417 g/mol. The Kier molecular flexibility index (Phi) is 8.48. The summed E-state index contributed by atoms with van der Waals surface area (Å²) in [5.41, 5.74) is -0.765. The molecule has 0 saturated heterocycles. The van der Waals surface area contributed by atoms with E-state index in [1.165, 1.54) is 7.11 Å². The van der Waals surface area contributed by atoms with Crippen LogP contribution in [0.15, 0.2) is 24.3 Å². The van der Waals surface area contributed by atoms with Gasteiger partial charge in [-0.15, -0.1) is 0 Å². The average molecular weight is 446 g/mol. The molecule has 0 aliphatic carbocycles. The number of carbonyl (C=O) groups is 3. The first-order valence-corrected chi connectivity index (χ1v) is 9.55. The predicted molar refractivity (Wildman–Crippen MR) is 107 cm³/mol. The van der Waals surface area contributed by atoms with Gasteiger partial charge in [0.1, 0.15) is 17.8 Å². The Morgan fingerprint density at radius 2 is 1.55 bits per heavy atom. The van der Waals surface area contributed by atoms with Gasteiger partial charge in [-0.3, -0.25) is 9.59 Å². The lowest BCUT2D eigenvalue weighted by atomic mass is 9.76. The molecule has 174 valence electrons. The number of halogens is 3. The summed E-state index contributed by atoms with van der Waals surface area (Å²) in [6.45, 7) is 6.38. The zero-order valence-electron chi connectivity index (χ0n) is 18.7. The maximum absolute atomic E-state index is 13.2. The van der Waals surface area contributed by atoms with Gasteiger partial charge in [-0.2, -0.15) is 13.2 Å². The van der Waals surface area contributed by atoms with Gasteiger partial charge in [0.2, 0.25) is 5.91 Å². The van der Waals surface area contributed by atoms with Crippen LogP contribution in [0.4, 0.5) is 13.2 Å². The summed E-state index contributed by atoms with van der Waals surface area (Å²) in [4.78, 5) is 37.6. The van der Waals surface area contributed by atoms with Crippen molar-refractivity contribution in [3.05, 3.63) is 29.8 Å². The predicted octanol–water partition coefficient (Wildman–Crippen LogP) is 2.68. The lowest BCUT2D eigenvalue weighted by Gasteiger charge is -2.40. The zero-order valence-corrected chi connectivity index (χ0v) is 18.7. The van der Waals surface area contributed by atoms with Crippen LogP contribution >= 0.6 is 0 Å². The van der Waals surface area contributed by atoms with Gasteiger partial charge in [-0.25, -0.2) is 4.79 Å². The summed E-state index contributed by atoms with van der Waals surface area (Å²) in [5, 5.41) is 2.45. The Labute approximate surface area is 179 Å². The van der Waals surface area contributed by atoms with Crippen molar-refractivity contribution in [2.75, 3.05) is 21.3 Å². The molecule has 1 aromatic rings. The number of amides is 2. The molecule has 10 heteroatoms. The van der Waals surface area contributed by atoms with Gasteiger partial charge in [0.05, 0.1) is 14.2 Å². The molecule has 0 aliphatic heterocycles. The van der Waals surface area contributed by atoms with Crippen molar-refractivity contribution in [1.29, 1.82) is 0 Å². The molecule has 7 nitrogen and oxygen atoms in total. The summed E-state index contributed by atoms with van der Waals surface area (Å²) >= 11 is 0. The van der Waals surface area contributed by atoms with E-state index in [0.717, 1.165) is 14.2 Å². The van der Waals surface area contributed by atoms with Gasteiger partial charge < -0.3 is 19.7 Å². The topological polar surface area (TPSA) is 84.9 Å². The maximum atomic E-state index is 13.2. The largest absolute Gasteiger partial charge is 0.497 e. The third kappa shape index (κ3) is 6.11. The van der Waals surface area contributed by atoms with Crippen LogP contribution in [-0.4, -0.2) is 62.2 Å². The molecule has 0 unspecified atom stereocenters. The van der Waals surface area contributed by atoms with E-state index in [1.54, 1.807) is 52.0 Å². The van der Waals surface area contributed by atoms with Crippen molar-refractivity contribution in [1.82, 2.24) is 10.2 Å². The van der Waals surface area contributed by atoms with Gasteiger partial charge >= 0.3 is 18.1 Å². The van der Waals surface area contributed by atoms with Gasteiger partial charge in [0.15, 0.2) is 0 Å². The molecule has 31 heavy (non-hydrogen) atoms. The number of carbonyl (C=O) groups excluding carboxylic acids is 3. The normalized spacial score (nSPS) is 13.9. The molecule has 2 amide bonds. The van der Waals surface area contributed by atoms with E-state index in [-0.39, 0.29) is 0 Å². The Balaban J connectivity index is 3.47. The number of esters is 1. The van der Waals surface area contributed by atoms with Crippen molar-refractivity contribution >= 4 is 17.8 Å². The summed E-state index contributed by atoms with van der Waals surface area (Å²) in [6.07, 6.45) is -5.18. The fourth-order valence-electron chi connectivity index (χ4n) is 3.34. The van der Waals surface area contributed by atoms with E-state index >= 15 is 0 Å². The molecule has 0 aromatic heterocycles. The van der Waals surface area contributed by atoms with E-state index in [9.17, 15) is 27.6 Å². The van der Waals surface area contributed by atoms with Crippen LogP contribution in [-0.2, 0) is 24.5 Å². The second-order valence-electron chi connectivity index (χ2n) is 8.02. The van der Waals surface area contributed by atoms with E-state index in [4.69, 9.17) is 4.74 Å². The second-order valence-corrected chi connectivity index (χ2v) is 8.02. The molecular formula is C21H29F3N2O5. The summed E-state index contributed by atoms with van der Waals surface area (Å²) < 4.78 is 49.3. The number of hydrogen-bond acceptors (Lipinski definition) is 5. The highest BCUT2D eigenvalue weighted by Crippen LogP contribution is 2.33. The Morgan fingerprint density at radius 1 is 1.03 bits per heavy atom. The lowest BCUT2D eigenvalue weighted by Crippen LogP contribution is -2.61. The first kappa shape index (κ1) is 26.3. The lowest BCUT2D eigenvalue weighted by molar-refractivity contribution is -0.188. The van der Waals surface area contributed by atoms with Crippen LogP contribution in [0.5, 0.6) is 5.75 Å². The van der Waals surface area contributed by atoms with Gasteiger partial charge in [0.25, 0.3) is 0 Å². The molecule has 1 aromatic carbocycles. The molecule has 0 radical (unpaired) electrons. The molecule has 0 saturated carbocycles. The minimum Gasteiger partial charge on any atom is -0.497 e. The molecule has 2 atom stereocenters. The molecule has 0 heterocycles. The van der Waals surface area contributed by atoms with Crippen molar-refractivity contribution in [2.45, 2.75) is 51.4 Å². The number of rotatable bonds is 8. The standard InChI is InChI=1S/C21H29F3N2O5/c1-12(2)15(18(28)31-7)25-17(27)16(26(5)19(29)21(22,23)24)20(3,4)13-8-10-14(30-6)11-9-13/h8-12,15-16H,1-7H3,(H,25,27)/t15-,16-/m0/s1. The molecule has 0 spiro atoms. The van der Waals surface area contributed by atoms with Crippen LogP contribution in [0.1, 0.15) is 33.3 Å². The number of nitrogens with zero attached hydrogens (tertiary/aromatic N) is 1. The number of benzene rings is 1. The third-order valence-electron chi connectivity index (χ3n) is 5.14. The van der Waals surface area contributed by atoms with E-state index in [0.29, 0.717) is 16.2 Å². The number of nitrogens with one attached hydrogen (secondary N) is 1. The highest BCUT2D eigenvalue weighted by atomic mass is 19.4. The zero-order chi connectivity index (χ0) is 24.1. The van der Waals surface area contributed by atoms with E-state index < -0.39 is 47.4 Å². The molecule has 0 fully saturated rings. The monoisotopic (exact) mass is 446 g/mol. The average Bonchev–Trinajstić information content (AvgIpc) is 2.69. The quantitative estimate of drug-likeness (QED) is 0.621. The maximum Gasteiger partial charge on any atom is 0.471 e. The van der Waals surface area contributed by atoms with Crippen LogP contribution in [0, 0.1) is 5.92 Å². The van der Waals surface area contributed by atoms with Crippen molar-refractivity contribution < 1.29 is 37.0 Å². The van der Waals surface area contributed by atoms with E-state index in [2.05, 4.69) is 10.1 Å². The Bertz CT molecular complexity index is 791.